The lowest BCUT2D eigenvalue weighted by Gasteiger charge is -2.34. The molecule has 3 amide bonds. The molecule has 1 heterocycles. The molecular formula is C23H25N5O2. The van der Waals surface area contributed by atoms with E-state index >= 15 is 0 Å². The number of anilines is 1. The molecule has 2 aromatic rings. The Morgan fingerprint density at radius 3 is 2.43 bits per heavy atom. The first kappa shape index (κ1) is 19.9. The number of amides is 3. The number of urea groups is 1. The summed E-state index contributed by atoms with van der Waals surface area (Å²) in [6.45, 7) is 3.73. The summed E-state index contributed by atoms with van der Waals surface area (Å²) in [5, 5.41) is 14.6. The largest absolute Gasteiger partial charge is 0.336 e. The minimum atomic E-state index is -0.224. The van der Waals surface area contributed by atoms with Crippen molar-refractivity contribution in [3.8, 4) is 6.07 Å². The van der Waals surface area contributed by atoms with Crippen molar-refractivity contribution in [3.63, 3.8) is 0 Å². The topological polar surface area (TPSA) is 88.5 Å². The number of benzene rings is 2. The molecule has 4 rings (SSSR count). The third-order valence-corrected chi connectivity index (χ3v) is 5.43. The highest BCUT2D eigenvalue weighted by Crippen LogP contribution is 2.19. The lowest BCUT2D eigenvalue weighted by molar-refractivity contribution is 0.0628. The zero-order valence-electron chi connectivity index (χ0n) is 16.8. The van der Waals surface area contributed by atoms with Crippen LogP contribution in [0.15, 0.2) is 48.5 Å². The zero-order valence-corrected chi connectivity index (χ0v) is 16.8. The van der Waals surface area contributed by atoms with Gasteiger partial charge in [-0.25, -0.2) is 4.79 Å². The summed E-state index contributed by atoms with van der Waals surface area (Å²) in [5.41, 5.74) is 3.03. The lowest BCUT2D eigenvalue weighted by atomic mass is 10.1. The fourth-order valence-corrected chi connectivity index (χ4v) is 3.54. The first-order chi connectivity index (χ1) is 14.6. The Hall–Kier alpha value is -3.37. The van der Waals surface area contributed by atoms with Crippen LogP contribution in [0, 0.1) is 11.3 Å². The smallest absolute Gasteiger partial charge is 0.319 e. The molecule has 0 bridgehead atoms. The minimum Gasteiger partial charge on any atom is -0.336 e. The number of hydrogen-bond acceptors (Lipinski definition) is 4. The van der Waals surface area contributed by atoms with Gasteiger partial charge in [-0.3, -0.25) is 9.69 Å². The average Bonchev–Trinajstić information content (AvgIpc) is 3.58. The molecule has 2 aromatic carbocycles. The highest BCUT2D eigenvalue weighted by molar-refractivity contribution is 5.97. The van der Waals surface area contributed by atoms with Gasteiger partial charge in [-0.05, 0) is 48.7 Å². The van der Waals surface area contributed by atoms with E-state index in [1.807, 2.05) is 29.2 Å². The van der Waals surface area contributed by atoms with Gasteiger partial charge in [-0.2, -0.15) is 5.26 Å². The summed E-state index contributed by atoms with van der Waals surface area (Å²) in [6.07, 6.45) is 2.06. The number of rotatable bonds is 5. The number of hydrogen-bond donors (Lipinski definition) is 2. The van der Waals surface area contributed by atoms with E-state index < -0.39 is 0 Å². The van der Waals surface area contributed by atoms with Crippen LogP contribution < -0.4 is 10.6 Å². The molecule has 1 saturated heterocycles. The van der Waals surface area contributed by atoms with Crippen molar-refractivity contribution in [1.29, 1.82) is 5.26 Å². The van der Waals surface area contributed by atoms with Crippen LogP contribution in [0.1, 0.15) is 34.3 Å². The molecule has 1 aliphatic carbocycles. The fraction of sp³-hybridized carbons (Fsp3) is 0.348. The van der Waals surface area contributed by atoms with Crippen molar-refractivity contribution in [2.24, 2.45) is 0 Å². The van der Waals surface area contributed by atoms with Gasteiger partial charge in [0.1, 0.15) is 0 Å². The predicted octanol–water partition coefficient (Wildman–Crippen LogP) is 2.80. The lowest BCUT2D eigenvalue weighted by Crippen LogP contribution is -2.48. The van der Waals surface area contributed by atoms with Crippen molar-refractivity contribution in [2.75, 3.05) is 31.5 Å². The predicted molar refractivity (Wildman–Crippen MR) is 114 cm³/mol. The van der Waals surface area contributed by atoms with Crippen LogP contribution in [0.3, 0.4) is 0 Å². The maximum absolute atomic E-state index is 12.9. The van der Waals surface area contributed by atoms with Crippen LogP contribution in [-0.4, -0.2) is 54.0 Å². The van der Waals surface area contributed by atoms with Gasteiger partial charge < -0.3 is 15.5 Å². The summed E-state index contributed by atoms with van der Waals surface area (Å²) in [4.78, 5) is 29.0. The number of carbonyl (C=O) groups is 2. The van der Waals surface area contributed by atoms with Crippen molar-refractivity contribution < 1.29 is 9.59 Å². The Balaban J connectivity index is 1.29. The first-order valence-electron chi connectivity index (χ1n) is 10.3. The molecule has 7 heteroatoms. The Bertz CT molecular complexity index is 954. The highest BCUT2D eigenvalue weighted by atomic mass is 16.2. The van der Waals surface area contributed by atoms with Crippen LogP contribution in [0.25, 0.3) is 0 Å². The molecule has 30 heavy (non-hydrogen) atoms. The average molecular weight is 403 g/mol. The second kappa shape index (κ2) is 8.97. The van der Waals surface area contributed by atoms with Crippen LogP contribution in [0.2, 0.25) is 0 Å². The molecule has 0 aromatic heterocycles. The second-order valence-corrected chi connectivity index (χ2v) is 7.83. The Labute approximate surface area is 176 Å². The third kappa shape index (κ3) is 5.16. The number of piperazine rings is 1. The zero-order chi connectivity index (χ0) is 20.9. The Morgan fingerprint density at radius 2 is 1.77 bits per heavy atom. The van der Waals surface area contributed by atoms with Gasteiger partial charge in [0.25, 0.3) is 5.91 Å². The summed E-state index contributed by atoms with van der Waals surface area (Å²) in [6, 6.07) is 16.9. The molecule has 2 fully saturated rings. The molecule has 2 N–H and O–H groups in total. The molecular weight excluding hydrogens is 378 g/mol. The normalized spacial score (nSPS) is 16.6. The van der Waals surface area contributed by atoms with E-state index in [1.165, 1.54) is 0 Å². The van der Waals surface area contributed by atoms with Gasteiger partial charge in [-0.1, -0.05) is 18.2 Å². The molecule has 0 atom stereocenters. The first-order valence-corrected chi connectivity index (χ1v) is 10.3. The second-order valence-electron chi connectivity index (χ2n) is 7.83. The van der Waals surface area contributed by atoms with E-state index in [0.29, 0.717) is 29.9 Å². The standard InChI is InChI=1S/C23H25N5O2/c24-15-17-4-6-18(7-5-17)16-27-10-12-28(13-11-27)22(29)19-2-1-3-21(14-19)26-23(30)25-20-8-9-20/h1-7,14,20H,8-13,16H2,(H2,25,26,30). The van der Waals surface area contributed by atoms with Gasteiger partial charge in [0.15, 0.2) is 0 Å². The van der Waals surface area contributed by atoms with Crippen molar-refractivity contribution >= 4 is 17.6 Å². The summed E-state index contributed by atoms with van der Waals surface area (Å²) >= 11 is 0. The number of nitrogens with zero attached hydrogens (tertiary/aromatic N) is 3. The van der Waals surface area contributed by atoms with E-state index in [9.17, 15) is 9.59 Å². The van der Waals surface area contributed by atoms with Gasteiger partial charge in [0, 0.05) is 50.0 Å². The van der Waals surface area contributed by atoms with E-state index in [0.717, 1.165) is 38.0 Å². The van der Waals surface area contributed by atoms with Crippen LogP contribution >= 0.6 is 0 Å². The van der Waals surface area contributed by atoms with Crippen molar-refractivity contribution in [3.05, 3.63) is 65.2 Å². The van der Waals surface area contributed by atoms with Crippen LogP contribution in [0.4, 0.5) is 10.5 Å². The fourth-order valence-electron chi connectivity index (χ4n) is 3.54. The monoisotopic (exact) mass is 403 g/mol. The van der Waals surface area contributed by atoms with Gasteiger partial charge in [0.2, 0.25) is 0 Å². The molecule has 2 aliphatic rings. The SMILES string of the molecule is N#Cc1ccc(CN2CCN(C(=O)c3cccc(NC(=O)NC4CC4)c3)CC2)cc1. The molecule has 1 saturated carbocycles. The quantitative estimate of drug-likeness (QED) is 0.804. The maximum Gasteiger partial charge on any atom is 0.319 e. The van der Waals surface area contributed by atoms with Gasteiger partial charge >= 0.3 is 6.03 Å². The molecule has 7 nitrogen and oxygen atoms in total. The molecule has 1 aliphatic heterocycles. The van der Waals surface area contributed by atoms with Crippen LogP contribution in [-0.2, 0) is 6.54 Å². The summed E-state index contributed by atoms with van der Waals surface area (Å²) in [7, 11) is 0. The number of nitriles is 1. The summed E-state index contributed by atoms with van der Waals surface area (Å²) < 4.78 is 0. The summed E-state index contributed by atoms with van der Waals surface area (Å²) in [5.74, 6) is -0.0146. The highest BCUT2D eigenvalue weighted by Gasteiger charge is 2.24. The molecule has 0 radical (unpaired) electrons. The number of carbonyl (C=O) groups excluding carboxylic acids is 2. The van der Waals surface area contributed by atoms with E-state index in [-0.39, 0.29) is 18.0 Å². The van der Waals surface area contributed by atoms with Crippen molar-refractivity contribution in [2.45, 2.75) is 25.4 Å². The Kier molecular flexibility index (Phi) is 5.96. The maximum atomic E-state index is 12.9. The van der Waals surface area contributed by atoms with Crippen LogP contribution in [0.5, 0.6) is 0 Å². The molecule has 0 unspecified atom stereocenters. The van der Waals surface area contributed by atoms with Gasteiger partial charge in [-0.15, -0.1) is 0 Å². The molecule has 0 spiro atoms. The van der Waals surface area contributed by atoms with E-state index in [2.05, 4.69) is 21.6 Å². The van der Waals surface area contributed by atoms with E-state index in [4.69, 9.17) is 5.26 Å². The molecule has 154 valence electrons. The minimum absolute atomic E-state index is 0.0146. The van der Waals surface area contributed by atoms with Gasteiger partial charge in [0.05, 0.1) is 11.6 Å². The Morgan fingerprint density at radius 1 is 1.03 bits per heavy atom. The number of nitrogens with one attached hydrogen (secondary N) is 2. The third-order valence-electron chi connectivity index (χ3n) is 5.43. The van der Waals surface area contributed by atoms with E-state index in [1.54, 1.807) is 24.3 Å². The van der Waals surface area contributed by atoms with Crippen molar-refractivity contribution in [1.82, 2.24) is 15.1 Å².